The normalized spacial score (nSPS) is 12.7. The van der Waals surface area contributed by atoms with Gasteiger partial charge in [0.05, 0.1) is 28.6 Å². The molecule has 1 unspecified atom stereocenters. The minimum absolute atomic E-state index is 0.248. The average Bonchev–Trinajstić information content (AvgIpc) is 2.77. The largest absolute Gasteiger partial charge is 0.393 e. The maximum atomic E-state index is 11.1. The van der Waals surface area contributed by atoms with Gasteiger partial charge >= 0.3 is 0 Å². The fourth-order valence-corrected chi connectivity index (χ4v) is 2.23. The quantitative estimate of drug-likeness (QED) is 0.744. The molecule has 1 atom stereocenters. The smallest absolute Gasteiger partial charge is 0.264 e. The van der Waals surface area contributed by atoms with Crippen molar-refractivity contribution in [2.24, 2.45) is 0 Å². The van der Waals surface area contributed by atoms with Gasteiger partial charge in [0.2, 0.25) is 0 Å². The summed E-state index contributed by atoms with van der Waals surface area (Å²) in [6, 6.07) is 8.82. The van der Waals surface area contributed by atoms with Crippen LogP contribution in [0.2, 0.25) is 0 Å². The summed E-state index contributed by atoms with van der Waals surface area (Å²) in [5, 5.41) is 20.6. The molecule has 20 heavy (non-hydrogen) atoms. The van der Waals surface area contributed by atoms with Crippen LogP contribution < -0.4 is 5.56 Å². The van der Waals surface area contributed by atoms with Crippen molar-refractivity contribution < 1.29 is 5.11 Å². The van der Waals surface area contributed by atoms with E-state index in [9.17, 15) is 9.90 Å². The summed E-state index contributed by atoms with van der Waals surface area (Å²) >= 11 is 0. The Balaban J connectivity index is 2.25. The first-order chi connectivity index (χ1) is 9.65. The zero-order chi connectivity index (χ0) is 14.1. The van der Waals surface area contributed by atoms with E-state index in [1.54, 1.807) is 17.5 Å². The maximum absolute atomic E-state index is 11.1. The molecule has 0 amide bonds. The summed E-state index contributed by atoms with van der Waals surface area (Å²) in [5.74, 6) is 0. The van der Waals surface area contributed by atoms with E-state index in [-0.39, 0.29) is 5.56 Å². The molecule has 102 valence electrons. The number of H-pyrrole nitrogens is 1. The van der Waals surface area contributed by atoms with Gasteiger partial charge in [-0.1, -0.05) is 6.07 Å². The highest BCUT2D eigenvalue weighted by Gasteiger charge is 2.17. The fraction of sp³-hybridized carbons (Fsp3) is 0.214. The first-order valence-electron chi connectivity index (χ1n) is 6.35. The van der Waals surface area contributed by atoms with Crippen LogP contribution in [0.15, 0.2) is 41.3 Å². The predicted molar refractivity (Wildman–Crippen MR) is 74.4 cm³/mol. The Labute approximate surface area is 114 Å². The van der Waals surface area contributed by atoms with Gasteiger partial charge in [0, 0.05) is 18.7 Å². The second kappa shape index (κ2) is 4.90. The standard InChI is InChI=1S/C14H14N4O2/c1-9(19)8-11-14(10-5-6-13(20)16-15-10)12-4-2-3-7-18(12)17-11/h2-7,9,19H,8H2,1H3,(H,16,20). The summed E-state index contributed by atoms with van der Waals surface area (Å²) in [6.45, 7) is 1.72. The number of pyridine rings is 1. The Morgan fingerprint density at radius 3 is 2.90 bits per heavy atom. The molecule has 0 aromatic carbocycles. The van der Waals surface area contributed by atoms with Gasteiger partial charge in [0.1, 0.15) is 0 Å². The van der Waals surface area contributed by atoms with Crippen molar-refractivity contribution in [1.29, 1.82) is 0 Å². The zero-order valence-corrected chi connectivity index (χ0v) is 10.9. The molecule has 0 radical (unpaired) electrons. The van der Waals surface area contributed by atoms with E-state index in [2.05, 4.69) is 15.3 Å². The van der Waals surface area contributed by atoms with Gasteiger partial charge in [-0.15, -0.1) is 0 Å². The number of hydrogen-bond acceptors (Lipinski definition) is 4. The lowest BCUT2D eigenvalue weighted by atomic mass is 10.1. The van der Waals surface area contributed by atoms with Crippen molar-refractivity contribution >= 4 is 5.52 Å². The fourth-order valence-electron chi connectivity index (χ4n) is 2.23. The van der Waals surface area contributed by atoms with Crippen molar-refractivity contribution in [1.82, 2.24) is 19.8 Å². The zero-order valence-electron chi connectivity index (χ0n) is 10.9. The Kier molecular flexibility index (Phi) is 3.08. The Bertz CT molecular complexity index is 784. The van der Waals surface area contributed by atoms with Crippen molar-refractivity contribution in [2.45, 2.75) is 19.4 Å². The summed E-state index contributed by atoms with van der Waals surface area (Å²) in [4.78, 5) is 11.1. The van der Waals surface area contributed by atoms with Crippen LogP contribution in [-0.2, 0) is 6.42 Å². The van der Waals surface area contributed by atoms with Gasteiger partial charge in [-0.05, 0) is 25.1 Å². The number of aromatic nitrogens is 4. The molecule has 0 saturated carbocycles. The van der Waals surface area contributed by atoms with E-state index in [4.69, 9.17) is 0 Å². The van der Waals surface area contributed by atoms with Crippen LogP contribution in [0.3, 0.4) is 0 Å². The average molecular weight is 270 g/mol. The van der Waals surface area contributed by atoms with Gasteiger partial charge in [0.15, 0.2) is 0 Å². The summed E-state index contributed by atoms with van der Waals surface area (Å²) < 4.78 is 1.75. The molecule has 0 saturated heterocycles. The third kappa shape index (κ3) is 2.21. The second-order valence-corrected chi connectivity index (χ2v) is 4.71. The number of nitrogens with one attached hydrogen (secondary N) is 1. The molecule has 3 aromatic heterocycles. The molecule has 0 aliphatic carbocycles. The topological polar surface area (TPSA) is 83.3 Å². The Hall–Kier alpha value is -2.47. The number of nitrogens with zero attached hydrogens (tertiary/aromatic N) is 3. The molecule has 0 fully saturated rings. The molecule has 0 aliphatic heterocycles. The van der Waals surface area contributed by atoms with E-state index in [0.29, 0.717) is 12.1 Å². The number of aliphatic hydroxyl groups excluding tert-OH is 1. The molecule has 0 aliphatic rings. The summed E-state index contributed by atoms with van der Waals surface area (Å²) in [6.07, 6.45) is 1.77. The van der Waals surface area contributed by atoms with Crippen LogP contribution in [0, 0.1) is 0 Å². The lowest BCUT2D eigenvalue weighted by Crippen LogP contribution is -2.08. The molecule has 0 spiro atoms. The lowest BCUT2D eigenvalue weighted by Gasteiger charge is -2.04. The van der Waals surface area contributed by atoms with Gasteiger partial charge in [-0.2, -0.15) is 10.2 Å². The van der Waals surface area contributed by atoms with E-state index in [0.717, 1.165) is 16.8 Å². The minimum Gasteiger partial charge on any atom is -0.393 e. The molecule has 6 heteroatoms. The van der Waals surface area contributed by atoms with Gasteiger partial charge in [0.25, 0.3) is 5.56 Å². The van der Waals surface area contributed by atoms with E-state index < -0.39 is 6.10 Å². The molecule has 3 aromatic rings. The molecule has 2 N–H and O–H groups in total. The second-order valence-electron chi connectivity index (χ2n) is 4.71. The minimum atomic E-state index is -0.499. The lowest BCUT2D eigenvalue weighted by molar-refractivity contribution is 0.194. The maximum Gasteiger partial charge on any atom is 0.264 e. The van der Waals surface area contributed by atoms with Crippen molar-refractivity contribution in [3.63, 3.8) is 0 Å². The van der Waals surface area contributed by atoms with Crippen LogP contribution in [0.1, 0.15) is 12.6 Å². The Morgan fingerprint density at radius 1 is 1.35 bits per heavy atom. The van der Waals surface area contributed by atoms with Crippen LogP contribution in [0.25, 0.3) is 16.8 Å². The number of hydrogen-bond donors (Lipinski definition) is 2. The van der Waals surface area contributed by atoms with Crippen LogP contribution in [0.4, 0.5) is 0 Å². The van der Waals surface area contributed by atoms with Crippen LogP contribution in [-0.4, -0.2) is 31.0 Å². The number of rotatable bonds is 3. The van der Waals surface area contributed by atoms with Gasteiger partial charge in [-0.3, -0.25) is 4.79 Å². The molecular weight excluding hydrogens is 256 g/mol. The number of aliphatic hydroxyl groups is 1. The first kappa shape index (κ1) is 12.6. The third-order valence-electron chi connectivity index (χ3n) is 3.04. The van der Waals surface area contributed by atoms with Crippen LogP contribution in [0.5, 0.6) is 0 Å². The predicted octanol–water partition coefficient (Wildman–Crippen LogP) is 1.01. The van der Waals surface area contributed by atoms with Gasteiger partial charge < -0.3 is 5.11 Å². The highest BCUT2D eigenvalue weighted by Crippen LogP contribution is 2.26. The van der Waals surface area contributed by atoms with E-state index in [1.165, 1.54) is 6.07 Å². The summed E-state index contributed by atoms with van der Waals surface area (Å²) in [5.41, 5.74) is 2.87. The molecule has 3 rings (SSSR count). The van der Waals surface area contributed by atoms with Crippen molar-refractivity contribution in [2.75, 3.05) is 0 Å². The van der Waals surface area contributed by atoms with Crippen molar-refractivity contribution in [3.05, 3.63) is 52.6 Å². The third-order valence-corrected chi connectivity index (χ3v) is 3.04. The molecule has 0 bridgehead atoms. The SMILES string of the molecule is CC(O)Cc1nn2ccccc2c1-c1ccc(=O)[nH]n1. The van der Waals surface area contributed by atoms with E-state index in [1.807, 2.05) is 24.4 Å². The van der Waals surface area contributed by atoms with Crippen LogP contribution >= 0.6 is 0 Å². The Morgan fingerprint density at radius 2 is 2.20 bits per heavy atom. The van der Waals surface area contributed by atoms with E-state index >= 15 is 0 Å². The molecule has 3 heterocycles. The van der Waals surface area contributed by atoms with Gasteiger partial charge in [-0.25, -0.2) is 9.61 Å². The molecule has 6 nitrogen and oxygen atoms in total. The number of fused-ring (bicyclic) bond motifs is 1. The first-order valence-corrected chi connectivity index (χ1v) is 6.35. The monoisotopic (exact) mass is 270 g/mol. The molecular formula is C14H14N4O2. The highest BCUT2D eigenvalue weighted by molar-refractivity contribution is 5.80. The summed E-state index contributed by atoms with van der Waals surface area (Å²) in [7, 11) is 0. The van der Waals surface area contributed by atoms with Crippen molar-refractivity contribution in [3.8, 4) is 11.3 Å². The number of aromatic amines is 1. The highest BCUT2D eigenvalue weighted by atomic mass is 16.3.